The van der Waals surface area contributed by atoms with Crippen LogP contribution >= 0.6 is 0 Å². The molecule has 1 atom stereocenters. The Bertz CT molecular complexity index is 583. The van der Waals surface area contributed by atoms with E-state index in [-0.39, 0.29) is 17.7 Å². The molecule has 1 amide bonds. The van der Waals surface area contributed by atoms with Crippen molar-refractivity contribution < 1.29 is 14.3 Å². The number of guanidine groups is 1. The monoisotopic (exact) mass is 276 g/mol. The molecule has 1 aromatic carbocycles. The summed E-state index contributed by atoms with van der Waals surface area (Å²) in [4.78, 5) is 15.6. The van der Waals surface area contributed by atoms with Gasteiger partial charge in [0.1, 0.15) is 5.84 Å². The third kappa shape index (κ3) is 2.71. The van der Waals surface area contributed by atoms with Crippen molar-refractivity contribution in [2.75, 3.05) is 14.2 Å². The summed E-state index contributed by atoms with van der Waals surface area (Å²) in [5.41, 5.74) is 6.60. The van der Waals surface area contributed by atoms with Gasteiger partial charge in [0.25, 0.3) is 0 Å². The molecule has 7 heteroatoms. The summed E-state index contributed by atoms with van der Waals surface area (Å²) in [7, 11) is 3.11. The molecule has 20 heavy (non-hydrogen) atoms. The van der Waals surface area contributed by atoms with Gasteiger partial charge in [-0.3, -0.25) is 15.5 Å². The van der Waals surface area contributed by atoms with E-state index in [1.54, 1.807) is 26.4 Å². The molecule has 0 bridgehead atoms. The van der Waals surface area contributed by atoms with E-state index in [4.69, 9.17) is 20.6 Å². The average molecular weight is 276 g/mol. The van der Waals surface area contributed by atoms with E-state index in [0.717, 1.165) is 5.56 Å². The van der Waals surface area contributed by atoms with Crippen molar-refractivity contribution in [3.8, 4) is 11.5 Å². The standard InChI is InChI=1S/C13H16N4O3/c1-19-9-4-3-7(6-10(9)20-2)5-8-11(14)16-13(15)17-12(8)18/h3-4,6,8H,5H2,1-2H3,(H4,14,15,16,17,18). The molecule has 1 unspecified atom stereocenters. The summed E-state index contributed by atoms with van der Waals surface area (Å²) in [5.74, 6) is 0.223. The number of nitrogens with one attached hydrogen (secondary N) is 2. The number of hydrogen-bond acceptors (Lipinski definition) is 5. The van der Waals surface area contributed by atoms with Gasteiger partial charge in [0.05, 0.1) is 20.1 Å². The maximum atomic E-state index is 11.8. The molecule has 4 N–H and O–H groups in total. The quantitative estimate of drug-likeness (QED) is 0.733. The van der Waals surface area contributed by atoms with Crippen LogP contribution in [0.3, 0.4) is 0 Å². The fourth-order valence-corrected chi connectivity index (χ4v) is 2.01. The summed E-state index contributed by atoms with van der Waals surface area (Å²) < 4.78 is 10.4. The number of aliphatic imine (C=N–C) groups is 1. The van der Waals surface area contributed by atoms with Crippen LogP contribution in [0.4, 0.5) is 0 Å². The van der Waals surface area contributed by atoms with Crippen molar-refractivity contribution in [2.45, 2.75) is 6.42 Å². The Balaban J connectivity index is 2.24. The van der Waals surface area contributed by atoms with E-state index >= 15 is 0 Å². The first kappa shape index (κ1) is 13.9. The highest BCUT2D eigenvalue weighted by atomic mass is 16.5. The maximum absolute atomic E-state index is 11.8. The van der Waals surface area contributed by atoms with Crippen LogP contribution in [0.5, 0.6) is 11.5 Å². The molecule has 0 fully saturated rings. The highest BCUT2D eigenvalue weighted by Gasteiger charge is 2.28. The second kappa shape index (κ2) is 5.60. The van der Waals surface area contributed by atoms with Gasteiger partial charge in [-0.05, 0) is 24.1 Å². The minimum absolute atomic E-state index is 0.147. The smallest absolute Gasteiger partial charge is 0.237 e. The maximum Gasteiger partial charge on any atom is 0.237 e. The van der Waals surface area contributed by atoms with E-state index < -0.39 is 5.92 Å². The third-order valence-electron chi connectivity index (χ3n) is 3.04. The lowest BCUT2D eigenvalue weighted by Gasteiger charge is -2.20. The second-order valence-electron chi connectivity index (χ2n) is 4.32. The fraction of sp³-hybridized carbons (Fsp3) is 0.308. The van der Waals surface area contributed by atoms with Gasteiger partial charge >= 0.3 is 0 Å². The van der Waals surface area contributed by atoms with Gasteiger partial charge in [-0.1, -0.05) is 6.07 Å². The number of nitrogens with two attached hydrogens (primary N) is 1. The Morgan fingerprint density at radius 3 is 2.65 bits per heavy atom. The number of hydrogen-bond donors (Lipinski definition) is 3. The zero-order chi connectivity index (χ0) is 14.7. The minimum Gasteiger partial charge on any atom is -0.493 e. The number of carbonyl (C=O) groups is 1. The van der Waals surface area contributed by atoms with E-state index in [0.29, 0.717) is 17.9 Å². The predicted octanol–water partition coefficient (Wildman–Crippen LogP) is 0.284. The minimum atomic E-state index is -0.581. The number of nitrogens with zero attached hydrogens (tertiary/aromatic N) is 1. The Kier molecular flexibility index (Phi) is 3.88. The molecule has 0 spiro atoms. The van der Waals surface area contributed by atoms with Crippen LogP contribution in [0.1, 0.15) is 5.56 Å². The van der Waals surface area contributed by atoms with Crippen molar-refractivity contribution in [3.63, 3.8) is 0 Å². The molecule has 106 valence electrons. The van der Waals surface area contributed by atoms with Crippen LogP contribution < -0.4 is 20.5 Å². The third-order valence-corrected chi connectivity index (χ3v) is 3.04. The highest BCUT2D eigenvalue weighted by Crippen LogP contribution is 2.28. The molecule has 1 aliphatic rings. The number of amides is 1. The molecule has 0 saturated carbocycles. The van der Waals surface area contributed by atoms with Crippen molar-refractivity contribution >= 4 is 17.7 Å². The summed E-state index contributed by atoms with van der Waals surface area (Å²) >= 11 is 0. The number of amidine groups is 1. The first-order valence-corrected chi connectivity index (χ1v) is 5.99. The van der Waals surface area contributed by atoms with Crippen LogP contribution in [-0.2, 0) is 11.2 Å². The van der Waals surface area contributed by atoms with Crippen molar-refractivity contribution in [3.05, 3.63) is 23.8 Å². The molecule has 2 rings (SSSR count). The van der Waals surface area contributed by atoms with Crippen LogP contribution in [0.25, 0.3) is 0 Å². The second-order valence-corrected chi connectivity index (χ2v) is 4.32. The molecule has 0 saturated heterocycles. The topological polar surface area (TPSA) is 110 Å². The Morgan fingerprint density at radius 1 is 1.35 bits per heavy atom. The zero-order valence-corrected chi connectivity index (χ0v) is 11.3. The van der Waals surface area contributed by atoms with Crippen LogP contribution in [-0.4, -0.2) is 31.9 Å². The molecule has 1 heterocycles. The number of benzene rings is 1. The SMILES string of the molecule is COc1ccc(CC2C(=O)NC(=N)N=C2N)cc1OC. The first-order valence-electron chi connectivity index (χ1n) is 5.99. The van der Waals surface area contributed by atoms with Crippen molar-refractivity contribution in [1.82, 2.24) is 5.32 Å². The van der Waals surface area contributed by atoms with E-state index in [1.165, 1.54) is 0 Å². The lowest BCUT2D eigenvalue weighted by atomic mass is 9.96. The summed E-state index contributed by atoms with van der Waals surface area (Å²) in [6.07, 6.45) is 0.384. The highest BCUT2D eigenvalue weighted by molar-refractivity contribution is 6.15. The molecule has 1 aromatic rings. The molecular weight excluding hydrogens is 260 g/mol. The molecule has 0 radical (unpaired) electrons. The van der Waals surface area contributed by atoms with Crippen molar-refractivity contribution in [2.24, 2.45) is 16.6 Å². The van der Waals surface area contributed by atoms with Crippen molar-refractivity contribution in [1.29, 1.82) is 5.41 Å². The lowest BCUT2D eigenvalue weighted by molar-refractivity contribution is -0.121. The molecule has 0 aliphatic carbocycles. The van der Waals surface area contributed by atoms with Gasteiger partial charge in [-0.25, -0.2) is 0 Å². The predicted molar refractivity (Wildman–Crippen MR) is 74.2 cm³/mol. The van der Waals surface area contributed by atoms with Gasteiger partial charge in [-0.2, -0.15) is 4.99 Å². The average Bonchev–Trinajstić information content (AvgIpc) is 2.42. The first-order chi connectivity index (χ1) is 9.55. The zero-order valence-electron chi connectivity index (χ0n) is 11.3. The molecule has 0 aromatic heterocycles. The Labute approximate surface area is 116 Å². The summed E-state index contributed by atoms with van der Waals surface area (Å²) in [5, 5.41) is 9.65. The Morgan fingerprint density at radius 2 is 2.05 bits per heavy atom. The number of carbonyl (C=O) groups excluding carboxylic acids is 1. The summed E-state index contributed by atoms with van der Waals surface area (Å²) in [6, 6.07) is 5.39. The van der Waals surface area contributed by atoms with E-state index in [2.05, 4.69) is 10.3 Å². The Hall–Kier alpha value is -2.57. The largest absolute Gasteiger partial charge is 0.493 e. The molecular formula is C13H16N4O3. The lowest BCUT2D eigenvalue weighted by Crippen LogP contribution is -2.47. The van der Waals surface area contributed by atoms with Crippen LogP contribution in [0.2, 0.25) is 0 Å². The molecule has 7 nitrogen and oxygen atoms in total. The van der Waals surface area contributed by atoms with Gasteiger partial charge in [0.15, 0.2) is 11.5 Å². The normalized spacial score (nSPS) is 18.3. The number of methoxy groups -OCH3 is 2. The number of ether oxygens (including phenoxy) is 2. The van der Waals surface area contributed by atoms with Gasteiger partial charge < -0.3 is 15.2 Å². The van der Waals surface area contributed by atoms with Crippen LogP contribution in [0.15, 0.2) is 23.2 Å². The van der Waals surface area contributed by atoms with Gasteiger partial charge in [0.2, 0.25) is 11.9 Å². The summed E-state index contributed by atoms with van der Waals surface area (Å²) in [6.45, 7) is 0. The van der Waals surface area contributed by atoms with E-state index in [1.807, 2.05) is 6.07 Å². The van der Waals surface area contributed by atoms with Gasteiger partial charge in [-0.15, -0.1) is 0 Å². The molecule has 1 aliphatic heterocycles. The van der Waals surface area contributed by atoms with Crippen LogP contribution in [0, 0.1) is 11.3 Å². The van der Waals surface area contributed by atoms with Gasteiger partial charge in [0, 0.05) is 0 Å². The van der Waals surface area contributed by atoms with E-state index in [9.17, 15) is 4.79 Å². The fourth-order valence-electron chi connectivity index (χ4n) is 2.01. The number of rotatable bonds is 4.